The summed E-state index contributed by atoms with van der Waals surface area (Å²) >= 11 is 14.1. The van der Waals surface area contributed by atoms with E-state index in [4.69, 9.17) is 27.9 Å². The first-order chi connectivity index (χ1) is 9.22. The molecule has 0 amide bonds. The van der Waals surface area contributed by atoms with Gasteiger partial charge in [0, 0.05) is 41.1 Å². The maximum absolute atomic E-state index is 6.16. The Morgan fingerprint density at radius 2 is 2.32 bits per heavy atom. The van der Waals surface area contributed by atoms with Crippen LogP contribution in [-0.4, -0.2) is 24.7 Å². The van der Waals surface area contributed by atoms with Crippen molar-refractivity contribution in [3.63, 3.8) is 0 Å². The standard InChI is InChI=1S/C14H17Cl2NOS/c1-2-6-19-7-4-17-13-3-5-18-14-11(13)8-10(15)9-12(14)16/h2,8-9,13,17H,1,3-7H2. The molecule has 104 valence electrons. The number of thioether (sulfide) groups is 1. The molecule has 5 heteroatoms. The van der Waals surface area contributed by atoms with Crippen LogP contribution in [0.2, 0.25) is 10.0 Å². The highest BCUT2D eigenvalue weighted by Crippen LogP contribution is 2.39. The molecule has 1 atom stereocenters. The summed E-state index contributed by atoms with van der Waals surface area (Å²) in [6, 6.07) is 3.94. The van der Waals surface area contributed by atoms with Gasteiger partial charge in [-0.3, -0.25) is 0 Å². The first-order valence-corrected chi connectivity index (χ1v) is 8.17. The van der Waals surface area contributed by atoms with Crippen molar-refractivity contribution < 1.29 is 4.74 Å². The van der Waals surface area contributed by atoms with Crippen LogP contribution in [0, 0.1) is 0 Å². The van der Waals surface area contributed by atoms with Crippen molar-refractivity contribution in [1.29, 1.82) is 0 Å². The van der Waals surface area contributed by atoms with Gasteiger partial charge in [0.2, 0.25) is 0 Å². The predicted octanol–water partition coefficient (Wildman–Crippen LogP) is 4.33. The first kappa shape index (κ1) is 15.0. The molecule has 0 fully saturated rings. The third-order valence-electron chi connectivity index (χ3n) is 2.94. The highest BCUT2D eigenvalue weighted by Gasteiger charge is 2.23. The van der Waals surface area contributed by atoms with E-state index in [0.29, 0.717) is 16.7 Å². The van der Waals surface area contributed by atoms with Crippen LogP contribution >= 0.6 is 35.0 Å². The van der Waals surface area contributed by atoms with Crippen molar-refractivity contribution in [2.24, 2.45) is 0 Å². The van der Waals surface area contributed by atoms with Crippen LogP contribution in [0.4, 0.5) is 0 Å². The van der Waals surface area contributed by atoms with E-state index in [9.17, 15) is 0 Å². The van der Waals surface area contributed by atoms with Crippen LogP contribution in [0.25, 0.3) is 0 Å². The molecule has 2 rings (SSSR count). The second-order valence-corrected chi connectivity index (χ2v) is 6.31. The lowest BCUT2D eigenvalue weighted by Gasteiger charge is -2.27. The van der Waals surface area contributed by atoms with Crippen LogP contribution in [0.3, 0.4) is 0 Å². The van der Waals surface area contributed by atoms with Gasteiger partial charge < -0.3 is 10.1 Å². The number of hydrogen-bond acceptors (Lipinski definition) is 3. The third kappa shape index (κ3) is 4.06. The van der Waals surface area contributed by atoms with Gasteiger partial charge in [-0.15, -0.1) is 6.58 Å². The van der Waals surface area contributed by atoms with Crippen LogP contribution in [0.1, 0.15) is 18.0 Å². The normalized spacial score (nSPS) is 17.7. The largest absolute Gasteiger partial charge is 0.492 e. The average Bonchev–Trinajstić information content (AvgIpc) is 2.39. The summed E-state index contributed by atoms with van der Waals surface area (Å²) < 4.78 is 5.64. The van der Waals surface area contributed by atoms with Gasteiger partial charge in [0.15, 0.2) is 0 Å². The zero-order valence-electron chi connectivity index (χ0n) is 10.6. The number of nitrogens with one attached hydrogen (secondary N) is 1. The summed E-state index contributed by atoms with van der Waals surface area (Å²) in [4.78, 5) is 0. The van der Waals surface area contributed by atoms with Crippen molar-refractivity contribution in [2.75, 3.05) is 24.7 Å². The van der Waals surface area contributed by atoms with Gasteiger partial charge in [0.1, 0.15) is 5.75 Å². The van der Waals surface area contributed by atoms with E-state index in [-0.39, 0.29) is 6.04 Å². The van der Waals surface area contributed by atoms with Gasteiger partial charge in [-0.05, 0) is 12.1 Å². The van der Waals surface area contributed by atoms with Crippen LogP contribution in [0.15, 0.2) is 24.8 Å². The molecular weight excluding hydrogens is 301 g/mol. The van der Waals surface area contributed by atoms with Gasteiger partial charge in [0.05, 0.1) is 11.6 Å². The number of halogens is 2. The Bertz CT molecular complexity index is 453. The number of fused-ring (bicyclic) bond motifs is 1. The molecule has 1 heterocycles. The van der Waals surface area contributed by atoms with Crippen molar-refractivity contribution in [1.82, 2.24) is 5.32 Å². The number of rotatable bonds is 6. The van der Waals surface area contributed by atoms with E-state index in [0.717, 1.165) is 35.8 Å². The molecule has 1 N–H and O–H groups in total. The lowest BCUT2D eigenvalue weighted by molar-refractivity contribution is 0.254. The fourth-order valence-electron chi connectivity index (χ4n) is 2.11. The molecule has 0 saturated carbocycles. The van der Waals surface area contributed by atoms with Gasteiger partial charge in [-0.25, -0.2) is 0 Å². The molecule has 1 aromatic rings. The number of hydrogen-bond donors (Lipinski definition) is 1. The highest BCUT2D eigenvalue weighted by molar-refractivity contribution is 7.99. The minimum atomic E-state index is 0.268. The van der Waals surface area contributed by atoms with E-state index in [1.54, 1.807) is 6.07 Å². The van der Waals surface area contributed by atoms with E-state index in [1.165, 1.54) is 0 Å². The second-order valence-electron chi connectivity index (χ2n) is 4.31. The Morgan fingerprint density at radius 3 is 3.11 bits per heavy atom. The van der Waals surface area contributed by atoms with Crippen LogP contribution in [-0.2, 0) is 0 Å². The molecule has 0 aliphatic carbocycles. The molecule has 2 nitrogen and oxygen atoms in total. The molecule has 1 aliphatic heterocycles. The molecule has 0 aromatic heterocycles. The van der Waals surface area contributed by atoms with Gasteiger partial charge >= 0.3 is 0 Å². The van der Waals surface area contributed by atoms with E-state index in [1.807, 2.05) is 23.9 Å². The van der Waals surface area contributed by atoms with E-state index >= 15 is 0 Å². The molecule has 0 bridgehead atoms. The molecule has 1 aliphatic rings. The Labute approximate surface area is 128 Å². The fraction of sp³-hybridized carbons (Fsp3) is 0.429. The number of ether oxygens (including phenoxy) is 1. The van der Waals surface area contributed by atoms with Crippen molar-refractivity contribution >= 4 is 35.0 Å². The minimum Gasteiger partial charge on any atom is -0.492 e. The van der Waals surface area contributed by atoms with Crippen molar-refractivity contribution in [3.05, 3.63) is 40.4 Å². The summed E-state index contributed by atoms with van der Waals surface area (Å²) in [5.74, 6) is 2.82. The average molecular weight is 318 g/mol. The molecule has 1 aromatic carbocycles. The third-order valence-corrected chi connectivity index (χ3v) is 4.40. The van der Waals surface area contributed by atoms with E-state index in [2.05, 4.69) is 11.9 Å². The lowest BCUT2D eigenvalue weighted by atomic mass is 10.0. The maximum Gasteiger partial charge on any atom is 0.142 e. The molecule has 19 heavy (non-hydrogen) atoms. The Morgan fingerprint density at radius 1 is 1.47 bits per heavy atom. The molecule has 0 spiro atoms. The maximum atomic E-state index is 6.16. The summed E-state index contributed by atoms with van der Waals surface area (Å²) in [7, 11) is 0. The quantitative estimate of drug-likeness (QED) is 0.623. The minimum absolute atomic E-state index is 0.268. The Hall–Kier alpha value is -0.350. The SMILES string of the molecule is C=CCSCCNC1CCOc2c(Cl)cc(Cl)cc21. The topological polar surface area (TPSA) is 21.3 Å². The molecule has 0 radical (unpaired) electrons. The summed E-state index contributed by atoms with van der Waals surface area (Å²) in [5, 5.41) is 4.79. The zero-order valence-corrected chi connectivity index (χ0v) is 13.0. The van der Waals surface area contributed by atoms with Gasteiger partial charge in [-0.2, -0.15) is 11.8 Å². The summed E-state index contributed by atoms with van der Waals surface area (Å²) in [5.41, 5.74) is 1.07. The van der Waals surface area contributed by atoms with Crippen molar-refractivity contribution in [2.45, 2.75) is 12.5 Å². The Kier molecular flexibility index (Phi) is 5.89. The summed E-state index contributed by atoms with van der Waals surface area (Å²) in [6.45, 7) is 5.35. The molecular formula is C14H17Cl2NOS. The Balaban J connectivity index is 1.99. The van der Waals surface area contributed by atoms with Crippen LogP contribution in [0.5, 0.6) is 5.75 Å². The second kappa shape index (κ2) is 7.44. The van der Waals surface area contributed by atoms with Gasteiger partial charge in [-0.1, -0.05) is 29.3 Å². The zero-order chi connectivity index (χ0) is 13.7. The molecule has 1 unspecified atom stereocenters. The monoisotopic (exact) mass is 317 g/mol. The molecule has 0 saturated heterocycles. The lowest BCUT2D eigenvalue weighted by Crippen LogP contribution is -2.29. The predicted molar refractivity (Wildman–Crippen MR) is 84.8 cm³/mol. The summed E-state index contributed by atoms with van der Waals surface area (Å²) in [6.07, 6.45) is 2.86. The van der Waals surface area contributed by atoms with E-state index < -0.39 is 0 Å². The van der Waals surface area contributed by atoms with Crippen molar-refractivity contribution in [3.8, 4) is 5.75 Å². The van der Waals surface area contributed by atoms with Gasteiger partial charge in [0.25, 0.3) is 0 Å². The fourth-order valence-corrected chi connectivity index (χ4v) is 3.27. The number of benzene rings is 1. The first-order valence-electron chi connectivity index (χ1n) is 6.26. The smallest absolute Gasteiger partial charge is 0.142 e. The van der Waals surface area contributed by atoms with Crippen LogP contribution < -0.4 is 10.1 Å². The highest BCUT2D eigenvalue weighted by atomic mass is 35.5.